The van der Waals surface area contributed by atoms with Gasteiger partial charge >= 0.3 is 0 Å². The Morgan fingerprint density at radius 2 is 0.848 bits per heavy atom. The molecular formula is C40H78F6. The van der Waals surface area contributed by atoms with Crippen LogP contribution < -0.4 is 0 Å². The minimum Gasteiger partial charge on any atom is -0.207 e. The van der Waals surface area contributed by atoms with Crippen LogP contribution in [0.15, 0.2) is 24.3 Å². The highest BCUT2D eigenvalue weighted by Gasteiger charge is 2.32. The second-order valence-corrected chi connectivity index (χ2v) is 15.9. The van der Waals surface area contributed by atoms with E-state index >= 15 is 0 Å². The van der Waals surface area contributed by atoms with Gasteiger partial charge in [-0.3, -0.25) is 0 Å². The van der Waals surface area contributed by atoms with E-state index in [0.29, 0.717) is 24.2 Å². The number of alkyl halides is 6. The Balaban J connectivity index is -0.000000256. The van der Waals surface area contributed by atoms with E-state index in [1.54, 1.807) is 39.8 Å². The normalized spacial score (nSPS) is 13.0. The van der Waals surface area contributed by atoms with Crippen LogP contribution in [0.2, 0.25) is 0 Å². The molecule has 0 heterocycles. The second kappa shape index (κ2) is 28.0. The predicted octanol–water partition coefficient (Wildman–Crippen LogP) is 15.7. The molecule has 0 saturated heterocycles. The minimum atomic E-state index is -2.64. The van der Waals surface area contributed by atoms with Gasteiger partial charge in [-0.2, -0.15) is 0 Å². The van der Waals surface area contributed by atoms with Crippen molar-refractivity contribution >= 4 is 0 Å². The van der Waals surface area contributed by atoms with Crippen LogP contribution in [0.5, 0.6) is 0 Å². The lowest BCUT2D eigenvalue weighted by molar-refractivity contribution is -0.0545. The summed E-state index contributed by atoms with van der Waals surface area (Å²) < 4.78 is 77.7. The summed E-state index contributed by atoms with van der Waals surface area (Å²) in [4.78, 5) is 0. The molecule has 0 amide bonds. The molecule has 0 spiro atoms. The van der Waals surface area contributed by atoms with E-state index in [1.807, 2.05) is 33.8 Å². The lowest BCUT2D eigenvalue weighted by atomic mass is 9.97. The quantitative estimate of drug-likeness (QED) is 0.0772. The zero-order chi connectivity index (χ0) is 37.3. The average Bonchev–Trinajstić information content (AvgIpc) is 2.86. The molecule has 0 nitrogen and oxygen atoms in total. The van der Waals surface area contributed by atoms with Gasteiger partial charge in [0.1, 0.15) is 0 Å². The molecule has 0 saturated carbocycles. The molecule has 0 aliphatic heterocycles. The van der Waals surface area contributed by atoms with Gasteiger partial charge in [0.15, 0.2) is 0 Å². The van der Waals surface area contributed by atoms with Gasteiger partial charge in [-0.05, 0) is 48.5 Å². The van der Waals surface area contributed by atoms with Gasteiger partial charge in [-0.15, -0.1) is 0 Å². The van der Waals surface area contributed by atoms with Crippen molar-refractivity contribution in [2.45, 2.75) is 186 Å². The van der Waals surface area contributed by atoms with Crippen LogP contribution in [0.25, 0.3) is 0 Å². The van der Waals surface area contributed by atoms with Crippen molar-refractivity contribution in [3.63, 3.8) is 0 Å². The van der Waals surface area contributed by atoms with Gasteiger partial charge in [-0.1, -0.05) is 161 Å². The average molecular weight is 673 g/mol. The molecule has 0 aromatic rings. The summed E-state index contributed by atoms with van der Waals surface area (Å²) in [6, 6.07) is 0. The number of unbranched alkanes of at least 4 members (excludes halogenated alkanes) is 1. The Kier molecular flexibility index (Phi) is 31.5. The smallest absolute Gasteiger partial charge is 0.207 e. The third-order valence-corrected chi connectivity index (χ3v) is 7.42. The lowest BCUT2D eigenvalue weighted by Crippen LogP contribution is -2.23. The Bertz CT molecular complexity index is 703. The molecule has 0 rings (SSSR count). The summed E-state index contributed by atoms with van der Waals surface area (Å²) in [5, 5.41) is 0. The highest BCUT2D eigenvalue weighted by atomic mass is 19.3. The van der Waals surface area contributed by atoms with Crippen molar-refractivity contribution in [1.82, 2.24) is 0 Å². The first-order valence-corrected chi connectivity index (χ1v) is 18.2. The van der Waals surface area contributed by atoms with Gasteiger partial charge in [-0.25, -0.2) is 26.3 Å². The van der Waals surface area contributed by atoms with Crippen molar-refractivity contribution in [2.24, 2.45) is 47.3 Å². The van der Waals surface area contributed by atoms with Crippen molar-refractivity contribution < 1.29 is 26.3 Å². The van der Waals surface area contributed by atoms with E-state index < -0.39 is 35.5 Å². The fourth-order valence-electron chi connectivity index (χ4n) is 3.56. The van der Waals surface area contributed by atoms with Crippen LogP contribution in [0.4, 0.5) is 26.3 Å². The van der Waals surface area contributed by atoms with E-state index in [2.05, 4.69) is 41.5 Å². The first-order valence-electron chi connectivity index (χ1n) is 18.2. The van der Waals surface area contributed by atoms with Crippen LogP contribution in [-0.4, -0.2) is 17.8 Å². The molecule has 6 heteroatoms. The van der Waals surface area contributed by atoms with Crippen molar-refractivity contribution in [2.75, 3.05) is 0 Å². The van der Waals surface area contributed by atoms with E-state index in [9.17, 15) is 26.3 Å². The van der Waals surface area contributed by atoms with Crippen LogP contribution in [0.3, 0.4) is 0 Å². The molecule has 0 N–H and O–H groups in total. The largest absolute Gasteiger partial charge is 0.268 e. The Hall–Kier alpha value is -0.940. The van der Waals surface area contributed by atoms with Gasteiger partial charge in [0, 0.05) is 30.6 Å². The summed E-state index contributed by atoms with van der Waals surface area (Å²) >= 11 is 0. The Morgan fingerprint density at radius 3 is 1.15 bits per heavy atom. The van der Waals surface area contributed by atoms with Crippen LogP contribution in [0, 0.1) is 47.3 Å². The van der Waals surface area contributed by atoms with E-state index in [0.717, 1.165) is 30.8 Å². The standard InChI is InChI=1S/C10H20F2.2C10H18F2.C10H22/c3*1-8(2)6-5-7-10(11,12)9(3)4;1-9(2)7-5-6-8-10(3)4/h8-9H,5-7H2,1-4H3;5,7-9H,6H2,1-4H3;5-6,8-9H,7H2,1-4H3;9-10H,5-8H2,1-4H3/b;7-5+;6-5+;. The fourth-order valence-corrected chi connectivity index (χ4v) is 3.56. The van der Waals surface area contributed by atoms with Crippen molar-refractivity contribution in [3.05, 3.63) is 24.3 Å². The first-order chi connectivity index (χ1) is 20.7. The van der Waals surface area contributed by atoms with Crippen LogP contribution >= 0.6 is 0 Å². The monoisotopic (exact) mass is 673 g/mol. The second-order valence-electron chi connectivity index (χ2n) is 15.9. The summed E-state index contributed by atoms with van der Waals surface area (Å²) in [6.45, 7) is 30.6. The summed E-state index contributed by atoms with van der Waals surface area (Å²) in [7, 11) is 0. The van der Waals surface area contributed by atoms with Crippen molar-refractivity contribution in [3.8, 4) is 0 Å². The van der Waals surface area contributed by atoms with E-state index in [-0.39, 0.29) is 12.8 Å². The van der Waals surface area contributed by atoms with Gasteiger partial charge in [0.05, 0.1) is 0 Å². The summed E-state index contributed by atoms with van der Waals surface area (Å²) in [6.07, 6.45) is 13.8. The van der Waals surface area contributed by atoms with Crippen LogP contribution in [0.1, 0.15) is 169 Å². The minimum absolute atomic E-state index is 0.0445. The number of allylic oxidation sites excluding steroid dienone is 4. The predicted molar refractivity (Wildman–Crippen MR) is 193 cm³/mol. The van der Waals surface area contributed by atoms with E-state index in [1.165, 1.54) is 39.5 Å². The third-order valence-electron chi connectivity index (χ3n) is 7.42. The number of hydrogen-bond donors (Lipinski definition) is 0. The topological polar surface area (TPSA) is 0 Å². The molecule has 46 heavy (non-hydrogen) atoms. The van der Waals surface area contributed by atoms with Crippen molar-refractivity contribution in [1.29, 1.82) is 0 Å². The lowest BCUT2D eigenvalue weighted by Gasteiger charge is -2.20. The molecule has 0 aromatic carbocycles. The maximum atomic E-state index is 13.0. The fraction of sp³-hybridized carbons (Fsp3) is 0.900. The Morgan fingerprint density at radius 1 is 0.457 bits per heavy atom. The molecule has 0 aliphatic rings. The SMILES string of the molecule is CC(C)/C=C/CC(F)(F)C(C)C.CC(C)C/C=C/C(F)(F)C(C)C.CC(C)CCCC(F)(F)C(C)C.CC(C)CCCCC(C)C. The number of hydrogen-bond acceptors (Lipinski definition) is 0. The molecule has 0 bridgehead atoms. The zero-order valence-corrected chi connectivity index (χ0v) is 33.1. The van der Waals surface area contributed by atoms with Gasteiger partial charge in [0.25, 0.3) is 11.8 Å². The van der Waals surface area contributed by atoms with Gasteiger partial charge < -0.3 is 0 Å². The first kappa shape index (κ1) is 51.9. The molecule has 0 atom stereocenters. The maximum Gasteiger partial charge on any atom is 0.268 e. The van der Waals surface area contributed by atoms with Crippen LogP contribution in [-0.2, 0) is 0 Å². The molecule has 280 valence electrons. The molecule has 0 radical (unpaired) electrons. The summed E-state index contributed by atoms with van der Waals surface area (Å²) in [5.74, 6) is -6.24. The highest BCUT2D eigenvalue weighted by Crippen LogP contribution is 2.30. The molecule has 0 fully saturated rings. The zero-order valence-electron chi connectivity index (χ0n) is 33.1. The molecular weight excluding hydrogens is 594 g/mol. The molecule has 0 unspecified atom stereocenters. The third kappa shape index (κ3) is 37.5. The summed E-state index contributed by atoms with van der Waals surface area (Å²) in [5.41, 5.74) is 0. The Labute approximate surface area is 284 Å². The highest BCUT2D eigenvalue weighted by molar-refractivity contribution is 4.96. The van der Waals surface area contributed by atoms with Gasteiger partial charge in [0.2, 0.25) is 5.92 Å². The maximum absolute atomic E-state index is 13.0. The molecule has 0 aliphatic carbocycles. The van der Waals surface area contributed by atoms with E-state index in [4.69, 9.17) is 0 Å². The molecule has 0 aromatic heterocycles. The number of rotatable bonds is 18. The number of halogens is 6.